The van der Waals surface area contributed by atoms with Gasteiger partial charge in [0.2, 0.25) is 0 Å². The predicted octanol–water partition coefficient (Wildman–Crippen LogP) is 2.55. The van der Waals surface area contributed by atoms with E-state index in [1.165, 1.54) is 5.56 Å². The Bertz CT molecular complexity index is 636. The van der Waals surface area contributed by atoms with Crippen molar-refractivity contribution >= 4 is 5.91 Å². The number of hydrogen-bond acceptors (Lipinski definition) is 3. The molecule has 4 heteroatoms. The quantitative estimate of drug-likeness (QED) is 0.917. The molecule has 1 fully saturated rings. The lowest BCUT2D eigenvalue weighted by Crippen LogP contribution is -2.32. The molecule has 2 aromatic rings. The van der Waals surface area contributed by atoms with E-state index in [4.69, 9.17) is 4.74 Å². The minimum Gasteiger partial charge on any atom is -0.496 e. The zero-order valence-corrected chi connectivity index (χ0v) is 12.0. The number of benzene rings is 1. The first-order valence-corrected chi connectivity index (χ1v) is 7.07. The molecule has 0 spiro atoms. The first-order chi connectivity index (χ1) is 10.2. The van der Waals surface area contributed by atoms with Gasteiger partial charge in [0.25, 0.3) is 5.91 Å². The summed E-state index contributed by atoms with van der Waals surface area (Å²) in [4.78, 5) is 16.1. The summed E-state index contributed by atoms with van der Waals surface area (Å²) < 4.78 is 5.44. The molecule has 1 amide bonds. The lowest BCUT2D eigenvalue weighted by molar-refractivity contribution is 0.0949. The van der Waals surface area contributed by atoms with Crippen molar-refractivity contribution in [3.05, 3.63) is 59.9 Å². The van der Waals surface area contributed by atoms with Crippen LogP contribution in [0.15, 0.2) is 48.8 Å². The number of carbonyl (C=O) groups excluding carboxylic acids is 1. The molecule has 0 bridgehead atoms. The molecule has 108 valence electrons. The first-order valence-electron chi connectivity index (χ1n) is 7.07. The number of aromatic nitrogens is 1. The highest BCUT2D eigenvalue weighted by Gasteiger charge is 2.46. The normalized spacial score (nSPS) is 15.3. The largest absolute Gasteiger partial charge is 0.496 e. The van der Waals surface area contributed by atoms with Gasteiger partial charge in [0.05, 0.1) is 7.11 Å². The van der Waals surface area contributed by atoms with E-state index in [1.807, 2.05) is 18.2 Å². The molecule has 1 saturated carbocycles. The van der Waals surface area contributed by atoms with Crippen molar-refractivity contribution in [2.75, 3.05) is 13.7 Å². The lowest BCUT2D eigenvalue weighted by atomic mass is 9.94. The Balaban J connectivity index is 1.72. The number of nitrogens with zero attached hydrogens (tertiary/aromatic N) is 1. The highest BCUT2D eigenvalue weighted by atomic mass is 16.5. The molecule has 21 heavy (non-hydrogen) atoms. The fourth-order valence-electron chi connectivity index (χ4n) is 2.63. The maximum absolute atomic E-state index is 12.1. The molecule has 0 radical (unpaired) electrons. The van der Waals surface area contributed by atoms with E-state index < -0.39 is 0 Å². The molecular formula is C17H18N2O2. The van der Waals surface area contributed by atoms with Crippen LogP contribution >= 0.6 is 0 Å². The minimum atomic E-state index is -0.0569. The van der Waals surface area contributed by atoms with Crippen LogP contribution in [0.3, 0.4) is 0 Å². The summed E-state index contributed by atoms with van der Waals surface area (Å²) in [6.45, 7) is 0.633. The molecule has 1 aromatic carbocycles. The van der Waals surface area contributed by atoms with Crippen LogP contribution in [0.5, 0.6) is 5.75 Å². The zero-order chi connectivity index (χ0) is 14.7. The smallest absolute Gasteiger partial charge is 0.251 e. The van der Waals surface area contributed by atoms with E-state index >= 15 is 0 Å². The summed E-state index contributed by atoms with van der Waals surface area (Å²) in [6, 6.07) is 11.5. The number of carbonyl (C=O) groups is 1. The van der Waals surface area contributed by atoms with Crippen LogP contribution < -0.4 is 10.1 Å². The van der Waals surface area contributed by atoms with Crippen LogP contribution in [0.2, 0.25) is 0 Å². The molecule has 1 aliphatic carbocycles. The summed E-state index contributed by atoms with van der Waals surface area (Å²) in [6.07, 6.45) is 5.40. The van der Waals surface area contributed by atoms with Crippen LogP contribution in [0.25, 0.3) is 0 Å². The van der Waals surface area contributed by atoms with E-state index in [-0.39, 0.29) is 11.3 Å². The fourth-order valence-corrected chi connectivity index (χ4v) is 2.63. The molecule has 4 nitrogen and oxygen atoms in total. The zero-order valence-electron chi connectivity index (χ0n) is 12.0. The van der Waals surface area contributed by atoms with Gasteiger partial charge >= 0.3 is 0 Å². The van der Waals surface area contributed by atoms with Gasteiger partial charge in [-0.25, -0.2) is 0 Å². The van der Waals surface area contributed by atoms with Gasteiger partial charge in [-0.05, 0) is 31.0 Å². The van der Waals surface area contributed by atoms with Crippen molar-refractivity contribution in [2.45, 2.75) is 18.3 Å². The number of rotatable bonds is 5. The second kappa shape index (κ2) is 5.56. The molecule has 1 aliphatic rings. The van der Waals surface area contributed by atoms with Crippen molar-refractivity contribution < 1.29 is 9.53 Å². The molecule has 0 saturated heterocycles. The molecule has 0 aliphatic heterocycles. The minimum absolute atomic E-state index is 0.0231. The first kappa shape index (κ1) is 13.6. The van der Waals surface area contributed by atoms with Gasteiger partial charge in [-0.1, -0.05) is 18.2 Å². The van der Waals surface area contributed by atoms with Crippen LogP contribution in [-0.4, -0.2) is 24.5 Å². The standard InChI is InChI=1S/C17H18N2O2/c1-21-15-5-3-2-4-14(15)17(8-9-17)12-19-16(20)13-6-10-18-11-7-13/h2-7,10-11H,8-9,12H2,1H3,(H,19,20). The molecule has 1 heterocycles. The fraction of sp³-hybridized carbons (Fsp3) is 0.294. The highest BCUT2D eigenvalue weighted by molar-refractivity contribution is 5.94. The number of para-hydroxylation sites is 1. The van der Waals surface area contributed by atoms with Crippen molar-refractivity contribution in [2.24, 2.45) is 0 Å². The van der Waals surface area contributed by atoms with Gasteiger partial charge in [-0.3, -0.25) is 9.78 Å². The van der Waals surface area contributed by atoms with Crippen LogP contribution in [0, 0.1) is 0 Å². The molecule has 1 aromatic heterocycles. The Hall–Kier alpha value is -2.36. The van der Waals surface area contributed by atoms with Gasteiger partial charge < -0.3 is 10.1 Å². The molecule has 0 atom stereocenters. The summed E-state index contributed by atoms with van der Waals surface area (Å²) >= 11 is 0. The maximum Gasteiger partial charge on any atom is 0.251 e. The van der Waals surface area contributed by atoms with Crippen molar-refractivity contribution in [3.8, 4) is 5.75 Å². The van der Waals surface area contributed by atoms with E-state index in [0.717, 1.165) is 18.6 Å². The van der Waals surface area contributed by atoms with Crippen molar-refractivity contribution in [3.63, 3.8) is 0 Å². The van der Waals surface area contributed by atoms with E-state index in [1.54, 1.807) is 31.6 Å². The number of amides is 1. The molecular weight excluding hydrogens is 264 g/mol. The number of methoxy groups -OCH3 is 1. The van der Waals surface area contributed by atoms with Crippen LogP contribution in [-0.2, 0) is 5.41 Å². The maximum atomic E-state index is 12.1. The molecule has 1 N–H and O–H groups in total. The van der Waals surface area contributed by atoms with Gasteiger partial charge in [-0.2, -0.15) is 0 Å². The predicted molar refractivity (Wildman–Crippen MR) is 80.5 cm³/mol. The SMILES string of the molecule is COc1ccccc1C1(CNC(=O)c2ccncc2)CC1. The summed E-state index contributed by atoms with van der Waals surface area (Å²) in [5.74, 6) is 0.840. The second-order valence-corrected chi connectivity index (χ2v) is 5.40. The van der Waals surface area contributed by atoms with E-state index in [2.05, 4.69) is 16.4 Å². The second-order valence-electron chi connectivity index (χ2n) is 5.40. The summed E-state index contributed by atoms with van der Waals surface area (Å²) in [5, 5.41) is 3.03. The average molecular weight is 282 g/mol. The van der Waals surface area contributed by atoms with E-state index in [0.29, 0.717) is 12.1 Å². The number of nitrogens with one attached hydrogen (secondary N) is 1. The highest BCUT2D eigenvalue weighted by Crippen LogP contribution is 2.50. The summed E-state index contributed by atoms with van der Waals surface area (Å²) in [5.41, 5.74) is 1.85. The Kier molecular flexibility index (Phi) is 3.60. The Labute approximate surface area is 124 Å². The van der Waals surface area contributed by atoms with Gasteiger partial charge in [0.1, 0.15) is 5.75 Å². The lowest BCUT2D eigenvalue weighted by Gasteiger charge is -2.19. The van der Waals surface area contributed by atoms with Crippen molar-refractivity contribution in [1.82, 2.24) is 10.3 Å². The Morgan fingerprint density at radius 3 is 2.62 bits per heavy atom. The molecule has 0 unspecified atom stereocenters. The van der Waals surface area contributed by atoms with Crippen LogP contribution in [0.1, 0.15) is 28.8 Å². The number of pyridine rings is 1. The Morgan fingerprint density at radius 2 is 1.95 bits per heavy atom. The van der Waals surface area contributed by atoms with Gasteiger partial charge in [0, 0.05) is 35.5 Å². The van der Waals surface area contributed by atoms with Crippen LogP contribution in [0.4, 0.5) is 0 Å². The average Bonchev–Trinajstić information content (AvgIpc) is 3.34. The third kappa shape index (κ3) is 2.75. The van der Waals surface area contributed by atoms with Gasteiger partial charge in [0.15, 0.2) is 0 Å². The monoisotopic (exact) mass is 282 g/mol. The van der Waals surface area contributed by atoms with E-state index in [9.17, 15) is 4.79 Å². The third-order valence-corrected chi connectivity index (χ3v) is 4.06. The van der Waals surface area contributed by atoms with Gasteiger partial charge in [-0.15, -0.1) is 0 Å². The number of ether oxygens (including phenoxy) is 1. The number of hydrogen-bond donors (Lipinski definition) is 1. The summed E-state index contributed by atoms with van der Waals surface area (Å²) in [7, 11) is 1.68. The Morgan fingerprint density at radius 1 is 1.24 bits per heavy atom. The molecule has 3 rings (SSSR count). The van der Waals surface area contributed by atoms with Crippen molar-refractivity contribution in [1.29, 1.82) is 0 Å². The third-order valence-electron chi connectivity index (χ3n) is 4.06. The topological polar surface area (TPSA) is 51.2 Å².